The fourth-order valence-electron chi connectivity index (χ4n) is 1.95. The van der Waals surface area contributed by atoms with Crippen molar-refractivity contribution in [2.24, 2.45) is 0 Å². The molecule has 0 aliphatic carbocycles. The van der Waals surface area contributed by atoms with Gasteiger partial charge < -0.3 is 10.4 Å². The van der Waals surface area contributed by atoms with Crippen LogP contribution >= 0.6 is 0 Å². The average molecular weight is 314 g/mol. The molecule has 1 atom stereocenters. The van der Waals surface area contributed by atoms with Gasteiger partial charge in [-0.25, -0.2) is 12.7 Å². The molecule has 0 spiro atoms. The highest BCUT2D eigenvalue weighted by Gasteiger charge is 2.17. The molecule has 7 heteroatoms. The summed E-state index contributed by atoms with van der Waals surface area (Å²) < 4.78 is 25.0. The Hall–Kier alpha value is -1.60. The second kappa shape index (κ2) is 7.42. The topological polar surface area (TPSA) is 86.7 Å². The van der Waals surface area contributed by atoms with Crippen LogP contribution in [-0.2, 0) is 14.8 Å². The van der Waals surface area contributed by atoms with Crippen molar-refractivity contribution in [3.63, 3.8) is 0 Å². The summed E-state index contributed by atoms with van der Waals surface area (Å²) in [5.74, 6) is -0.854. The molecular formula is C14H22N2O4S. The van der Waals surface area contributed by atoms with E-state index in [0.29, 0.717) is 5.69 Å². The number of carbonyl (C=O) groups is 1. The van der Waals surface area contributed by atoms with Crippen molar-refractivity contribution >= 4 is 21.7 Å². The standard InChI is InChI=1S/C14H22N2O4S/c1-4-5-12(10-14(17)18)15-11-6-8-13(9-7-11)21(19,20)16(2)3/h6-9,12,15H,4-5,10H2,1-3H3,(H,17,18). The maximum Gasteiger partial charge on any atom is 0.305 e. The van der Waals surface area contributed by atoms with Crippen molar-refractivity contribution in [1.82, 2.24) is 4.31 Å². The van der Waals surface area contributed by atoms with Crippen LogP contribution in [0.5, 0.6) is 0 Å². The molecule has 0 saturated carbocycles. The van der Waals surface area contributed by atoms with Gasteiger partial charge in [0.2, 0.25) is 10.0 Å². The van der Waals surface area contributed by atoms with E-state index in [2.05, 4.69) is 5.32 Å². The van der Waals surface area contributed by atoms with Crippen molar-refractivity contribution in [1.29, 1.82) is 0 Å². The number of nitrogens with one attached hydrogen (secondary N) is 1. The van der Waals surface area contributed by atoms with E-state index in [4.69, 9.17) is 5.11 Å². The number of anilines is 1. The van der Waals surface area contributed by atoms with Crippen LogP contribution in [0.15, 0.2) is 29.2 Å². The number of benzene rings is 1. The van der Waals surface area contributed by atoms with Gasteiger partial charge in [0.1, 0.15) is 0 Å². The number of rotatable bonds is 8. The van der Waals surface area contributed by atoms with Gasteiger partial charge >= 0.3 is 5.97 Å². The van der Waals surface area contributed by atoms with Crippen molar-refractivity contribution in [2.75, 3.05) is 19.4 Å². The van der Waals surface area contributed by atoms with Crippen molar-refractivity contribution in [2.45, 2.75) is 37.1 Å². The van der Waals surface area contributed by atoms with Gasteiger partial charge in [-0.05, 0) is 30.7 Å². The Bertz CT molecular complexity index is 567. The molecular weight excluding hydrogens is 292 g/mol. The van der Waals surface area contributed by atoms with Crippen LogP contribution < -0.4 is 5.32 Å². The Kier molecular flexibility index (Phi) is 6.17. The first kappa shape index (κ1) is 17.5. The van der Waals surface area contributed by atoms with Gasteiger partial charge in [0, 0.05) is 25.8 Å². The zero-order valence-electron chi connectivity index (χ0n) is 12.5. The third-order valence-corrected chi connectivity index (χ3v) is 4.89. The van der Waals surface area contributed by atoms with Gasteiger partial charge in [-0.2, -0.15) is 0 Å². The van der Waals surface area contributed by atoms with E-state index < -0.39 is 16.0 Å². The van der Waals surface area contributed by atoms with Crippen LogP contribution in [0.2, 0.25) is 0 Å². The molecule has 0 heterocycles. The highest BCUT2D eigenvalue weighted by atomic mass is 32.2. The monoisotopic (exact) mass is 314 g/mol. The first-order chi connectivity index (χ1) is 9.77. The molecule has 0 aliphatic heterocycles. The van der Waals surface area contributed by atoms with E-state index >= 15 is 0 Å². The highest BCUT2D eigenvalue weighted by molar-refractivity contribution is 7.89. The van der Waals surface area contributed by atoms with Gasteiger partial charge in [-0.15, -0.1) is 0 Å². The van der Waals surface area contributed by atoms with Crippen LogP contribution in [0.1, 0.15) is 26.2 Å². The lowest BCUT2D eigenvalue weighted by Gasteiger charge is -2.18. The highest BCUT2D eigenvalue weighted by Crippen LogP contribution is 2.18. The summed E-state index contributed by atoms with van der Waals surface area (Å²) in [6.45, 7) is 1.99. The minimum absolute atomic E-state index is 0.0333. The first-order valence-corrected chi connectivity index (χ1v) is 8.22. The lowest BCUT2D eigenvalue weighted by atomic mass is 10.1. The van der Waals surface area contributed by atoms with Crippen molar-refractivity contribution in [3.8, 4) is 0 Å². The molecule has 1 rings (SSSR count). The fraction of sp³-hybridized carbons (Fsp3) is 0.500. The zero-order chi connectivity index (χ0) is 16.0. The molecule has 0 amide bonds. The molecule has 0 aromatic heterocycles. The number of carboxylic acid groups (broad SMARTS) is 1. The summed E-state index contributed by atoms with van der Waals surface area (Å²) in [4.78, 5) is 11.0. The molecule has 0 saturated heterocycles. The molecule has 1 unspecified atom stereocenters. The maximum atomic E-state index is 11.9. The minimum Gasteiger partial charge on any atom is -0.481 e. The summed E-state index contributed by atoms with van der Waals surface area (Å²) in [6.07, 6.45) is 1.65. The lowest BCUT2D eigenvalue weighted by molar-refractivity contribution is -0.137. The molecule has 0 aliphatic rings. The summed E-state index contributed by atoms with van der Waals surface area (Å²) in [5.41, 5.74) is 0.715. The minimum atomic E-state index is -3.44. The van der Waals surface area contributed by atoms with Crippen LogP contribution in [0.25, 0.3) is 0 Å². The molecule has 6 nitrogen and oxygen atoms in total. The smallest absolute Gasteiger partial charge is 0.305 e. The fourth-order valence-corrected chi connectivity index (χ4v) is 2.86. The van der Waals surface area contributed by atoms with E-state index in [1.54, 1.807) is 12.1 Å². The Morgan fingerprint density at radius 2 is 1.86 bits per heavy atom. The summed E-state index contributed by atoms with van der Waals surface area (Å²) in [5, 5.41) is 12.0. The maximum absolute atomic E-state index is 11.9. The second-order valence-electron chi connectivity index (χ2n) is 5.04. The van der Waals surface area contributed by atoms with E-state index in [1.165, 1.54) is 26.2 Å². The second-order valence-corrected chi connectivity index (χ2v) is 7.19. The third-order valence-electron chi connectivity index (χ3n) is 3.06. The SMILES string of the molecule is CCCC(CC(=O)O)Nc1ccc(S(=O)(=O)N(C)C)cc1. The Morgan fingerprint density at radius 1 is 1.29 bits per heavy atom. The summed E-state index contributed by atoms with van der Waals surface area (Å²) in [6, 6.07) is 6.17. The van der Waals surface area contributed by atoms with Gasteiger partial charge in [-0.3, -0.25) is 4.79 Å². The average Bonchev–Trinajstić information content (AvgIpc) is 2.38. The Morgan fingerprint density at radius 3 is 2.29 bits per heavy atom. The summed E-state index contributed by atoms with van der Waals surface area (Å²) in [7, 11) is -0.484. The zero-order valence-corrected chi connectivity index (χ0v) is 13.4. The quantitative estimate of drug-likeness (QED) is 0.766. The van der Waals surface area contributed by atoms with Crippen LogP contribution in [0, 0.1) is 0 Å². The van der Waals surface area contributed by atoms with E-state index in [9.17, 15) is 13.2 Å². The van der Waals surface area contributed by atoms with Crippen molar-refractivity contribution in [3.05, 3.63) is 24.3 Å². The summed E-state index contributed by atoms with van der Waals surface area (Å²) >= 11 is 0. The number of sulfonamides is 1. The molecule has 118 valence electrons. The van der Waals surface area contributed by atoms with Gasteiger partial charge in [0.15, 0.2) is 0 Å². The molecule has 1 aromatic rings. The molecule has 0 radical (unpaired) electrons. The van der Waals surface area contributed by atoms with E-state index in [0.717, 1.165) is 17.1 Å². The predicted molar refractivity (Wildman–Crippen MR) is 81.9 cm³/mol. The van der Waals surface area contributed by atoms with E-state index in [1.807, 2.05) is 6.92 Å². The van der Waals surface area contributed by atoms with Crippen LogP contribution in [0.4, 0.5) is 5.69 Å². The number of hydrogen-bond donors (Lipinski definition) is 2. The molecule has 0 bridgehead atoms. The molecule has 0 fully saturated rings. The largest absolute Gasteiger partial charge is 0.481 e. The van der Waals surface area contributed by atoms with Crippen LogP contribution in [0.3, 0.4) is 0 Å². The van der Waals surface area contributed by atoms with Crippen LogP contribution in [-0.4, -0.2) is 43.9 Å². The van der Waals surface area contributed by atoms with Gasteiger partial charge in [0.25, 0.3) is 0 Å². The van der Waals surface area contributed by atoms with Crippen molar-refractivity contribution < 1.29 is 18.3 Å². The Labute approximate surface area is 125 Å². The van der Waals surface area contributed by atoms with Gasteiger partial charge in [-0.1, -0.05) is 13.3 Å². The first-order valence-electron chi connectivity index (χ1n) is 6.78. The van der Waals surface area contributed by atoms with E-state index in [-0.39, 0.29) is 17.4 Å². The number of hydrogen-bond acceptors (Lipinski definition) is 4. The van der Waals surface area contributed by atoms with Gasteiger partial charge in [0.05, 0.1) is 11.3 Å². The lowest BCUT2D eigenvalue weighted by Crippen LogP contribution is -2.23. The molecule has 1 aromatic carbocycles. The predicted octanol–water partition coefficient (Wildman–Crippen LogP) is 1.99. The molecule has 2 N–H and O–H groups in total. The Balaban J connectivity index is 2.84. The number of carboxylic acids is 1. The normalized spacial score (nSPS) is 13.1. The third kappa shape index (κ3) is 5.02. The number of nitrogens with zero attached hydrogens (tertiary/aromatic N) is 1. The molecule has 21 heavy (non-hydrogen) atoms. The number of aliphatic carboxylic acids is 1.